The van der Waals surface area contributed by atoms with Crippen molar-refractivity contribution in [2.45, 2.75) is 22.6 Å². The van der Waals surface area contributed by atoms with E-state index in [0.717, 1.165) is 11.6 Å². The average molecular weight is 555 g/mol. The summed E-state index contributed by atoms with van der Waals surface area (Å²) in [4.78, 5) is 17.6. The number of nitrogens with zero attached hydrogens (tertiary/aromatic N) is 5. The number of anilines is 3. The van der Waals surface area contributed by atoms with Gasteiger partial charge in [-0.1, -0.05) is 37.5 Å². The minimum Gasteiger partial charge on any atom is -0.339 e. The second-order valence-electron chi connectivity index (χ2n) is 8.43. The lowest BCUT2D eigenvalue weighted by Crippen LogP contribution is -2.30. The Kier molecular flexibility index (Phi) is 5.57. The summed E-state index contributed by atoms with van der Waals surface area (Å²) in [7, 11) is -11.4. The quantitative estimate of drug-likeness (QED) is 0.324. The van der Waals surface area contributed by atoms with Gasteiger partial charge in [0.05, 0.1) is 22.1 Å². The van der Waals surface area contributed by atoms with E-state index in [1.165, 1.54) is 6.07 Å². The van der Waals surface area contributed by atoms with Crippen LogP contribution in [0.3, 0.4) is 0 Å². The molecule has 0 spiro atoms. The van der Waals surface area contributed by atoms with Crippen molar-refractivity contribution in [3.63, 3.8) is 0 Å². The molecule has 0 bridgehead atoms. The van der Waals surface area contributed by atoms with Crippen molar-refractivity contribution in [2.75, 3.05) is 29.1 Å². The van der Waals surface area contributed by atoms with Crippen LogP contribution < -0.4 is 10.2 Å². The zero-order valence-electron chi connectivity index (χ0n) is 19.0. The van der Waals surface area contributed by atoms with Crippen LogP contribution in [0.15, 0.2) is 52.5 Å². The predicted octanol–water partition coefficient (Wildman–Crippen LogP) is 5.61. The number of rotatable bonds is 5. The first-order valence-electron chi connectivity index (χ1n) is 10.9. The molecular formula is C23H19F5N6OS2. The summed E-state index contributed by atoms with van der Waals surface area (Å²) in [5, 5.41) is 2.67. The molecule has 2 aliphatic heterocycles. The van der Waals surface area contributed by atoms with Gasteiger partial charge in [0.15, 0.2) is 11.6 Å². The van der Waals surface area contributed by atoms with E-state index in [9.17, 15) is 23.6 Å². The number of hydrogen-bond donors (Lipinski definition) is 1. The Bertz CT molecular complexity index is 1500. The second-order valence-corrected chi connectivity index (χ2v) is 12.4. The molecule has 1 atom stereocenters. The van der Waals surface area contributed by atoms with Crippen molar-refractivity contribution >= 4 is 44.1 Å². The first kappa shape index (κ1) is 25.1. The van der Waals surface area contributed by atoms with Crippen LogP contribution in [0.1, 0.15) is 23.5 Å². The molecule has 0 fully saturated rings. The topological polar surface area (TPSA) is 83.9 Å². The van der Waals surface area contributed by atoms with Gasteiger partial charge in [-0.25, -0.2) is 15.0 Å². The summed E-state index contributed by atoms with van der Waals surface area (Å²) in [6.45, 7) is 0.893. The standard InChI is InChI=1S/C23H19F5N6OS2/c1-2-15-13-29-21(30-14-15)16-6-9-34(10-7-16)23-32-19-8-11-36(35)20(19)22(33-23)31-17-4-3-5-18(12-17)37(24,25,26,27)28/h1,3-6,12-14H,7-11H2,(H,31,32,33)/t36-/m0/s1. The summed E-state index contributed by atoms with van der Waals surface area (Å²) in [5.74, 6) is 3.60. The van der Waals surface area contributed by atoms with Crippen molar-refractivity contribution in [2.24, 2.45) is 0 Å². The van der Waals surface area contributed by atoms with Crippen molar-refractivity contribution < 1.29 is 23.6 Å². The zero-order valence-corrected chi connectivity index (χ0v) is 20.6. The SMILES string of the molecule is C#Cc1cnc(C2=CCN(c3nc4c(c(Nc5cccc(S(F)(F)(F)(F)F)c5)n3)[S@@](=O)CC4)CC2)nc1. The normalized spacial score (nSPS) is 19.3. The van der Waals surface area contributed by atoms with Gasteiger partial charge in [0.2, 0.25) is 5.95 Å². The fraction of sp³-hybridized carbons (Fsp3) is 0.217. The third-order valence-corrected chi connectivity index (χ3v) is 8.42. The van der Waals surface area contributed by atoms with Crippen molar-refractivity contribution in [1.29, 1.82) is 0 Å². The Labute approximate surface area is 211 Å². The first-order chi connectivity index (χ1) is 17.3. The molecule has 37 heavy (non-hydrogen) atoms. The molecule has 0 amide bonds. The number of hydrogen-bond acceptors (Lipinski definition) is 7. The summed E-state index contributed by atoms with van der Waals surface area (Å²) in [6, 6.07) is 2.74. The Morgan fingerprint density at radius 3 is 2.49 bits per heavy atom. The van der Waals surface area contributed by atoms with E-state index in [1.54, 1.807) is 12.4 Å². The molecule has 194 valence electrons. The number of halogens is 5. The minimum atomic E-state index is -9.88. The third-order valence-electron chi connectivity index (χ3n) is 5.82. The van der Waals surface area contributed by atoms with Crippen LogP contribution >= 0.6 is 10.2 Å². The molecule has 0 radical (unpaired) electrons. The monoisotopic (exact) mass is 554 g/mol. The third kappa shape index (κ3) is 5.28. The smallest absolute Gasteiger partial charge is 0.310 e. The van der Waals surface area contributed by atoms with Crippen molar-refractivity contribution in [3.8, 4) is 12.3 Å². The van der Waals surface area contributed by atoms with Gasteiger partial charge in [0, 0.05) is 43.3 Å². The Morgan fingerprint density at radius 1 is 1.08 bits per heavy atom. The molecule has 0 unspecified atom stereocenters. The van der Waals surface area contributed by atoms with E-state index < -0.39 is 25.9 Å². The highest BCUT2D eigenvalue weighted by Crippen LogP contribution is 3.02. The number of aryl methyl sites for hydroxylation is 1. The van der Waals surface area contributed by atoms with Crippen molar-refractivity contribution in [1.82, 2.24) is 19.9 Å². The highest BCUT2D eigenvalue weighted by Gasteiger charge is 2.65. The van der Waals surface area contributed by atoms with Gasteiger partial charge in [-0.2, -0.15) is 4.98 Å². The van der Waals surface area contributed by atoms with Crippen LogP contribution in [-0.4, -0.2) is 43.0 Å². The van der Waals surface area contributed by atoms with E-state index in [1.807, 2.05) is 11.0 Å². The fourth-order valence-corrected chi connectivity index (χ4v) is 5.97. The van der Waals surface area contributed by atoms with E-state index in [-0.39, 0.29) is 28.1 Å². The highest BCUT2D eigenvalue weighted by molar-refractivity contribution is 8.45. The van der Waals surface area contributed by atoms with Crippen LogP contribution in [0.5, 0.6) is 0 Å². The van der Waals surface area contributed by atoms with Crippen LogP contribution in [0, 0.1) is 12.3 Å². The first-order valence-corrected chi connectivity index (χ1v) is 14.2. The number of benzene rings is 1. The molecule has 0 saturated carbocycles. The van der Waals surface area contributed by atoms with Crippen LogP contribution in [-0.2, 0) is 17.2 Å². The summed E-state index contributed by atoms with van der Waals surface area (Å²) in [6.07, 6.45) is 11.3. The van der Waals surface area contributed by atoms with Gasteiger partial charge in [-0.15, -0.1) is 6.42 Å². The molecule has 0 aliphatic carbocycles. The Balaban J connectivity index is 1.44. The zero-order chi connectivity index (χ0) is 26.5. The number of nitrogens with one attached hydrogen (secondary N) is 1. The highest BCUT2D eigenvalue weighted by atomic mass is 32.5. The predicted molar refractivity (Wildman–Crippen MR) is 133 cm³/mol. The Morgan fingerprint density at radius 2 is 1.84 bits per heavy atom. The second kappa shape index (κ2) is 8.22. The molecule has 4 heterocycles. The molecule has 7 nitrogen and oxygen atoms in total. The van der Waals surface area contributed by atoms with E-state index in [0.29, 0.717) is 55.1 Å². The van der Waals surface area contributed by atoms with Gasteiger partial charge in [0.1, 0.15) is 9.79 Å². The van der Waals surface area contributed by atoms with E-state index >= 15 is 0 Å². The van der Waals surface area contributed by atoms with Gasteiger partial charge in [-0.3, -0.25) is 4.21 Å². The molecule has 1 N–H and O–H groups in total. The average Bonchev–Trinajstić information content (AvgIpc) is 3.24. The molecule has 2 aliphatic rings. The lowest BCUT2D eigenvalue weighted by Gasteiger charge is -2.40. The summed E-state index contributed by atoms with van der Waals surface area (Å²) < 4.78 is 79.2. The van der Waals surface area contributed by atoms with Gasteiger partial charge < -0.3 is 10.2 Å². The van der Waals surface area contributed by atoms with Crippen LogP contribution in [0.4, 0.5) is 36.9 Å². The molecule has 0 saturated heterocycles. The summed E-state index contributed by atoms with van der Waals surface area (Å²) in [5.41, 5.74) is 1.72. The largest absolute Gasteiger partial charge is 0.339 e. The molecular weight excluding hydrogens is 535 g/mol. The molecule has 14 heteroatoms. The maximum absolute atomic E-state index is 13.3. The van der Waals surface area contributed by atoms with Gasteiger partial charge in [-0.05, 0) is 30.2 Å². The number of fused-ring (bicyclic) bond motifs is 1. The molecule has 2 aromatic heterocycles. The fourth-order valence-electron chi connectivity index (χ4n) is 3.98. The van der Waals surface area contributed by atoms with Crippen molar-refractivity contribution in [3.05, 3.63) is 59.8 Å². The van der Waals surface area contributed by atoms with Gasteiger partial charge >= 0.3 is 10.2 Å². The maximum Gasteiger partial charge on any atom is 0.310 e. The van der Waals surface area contributed by atoms with Crippen LogP contribution in [0.25, 0.3) is 5.57 Å². The van der Waals surface area contributed by atoms with E-state index in [2.05, 4.69) is 31.2 Å². The lowest BCUT2D eigenvalue weighted by atomic mass is 10.1. The number of terminal acetylenes is 1. The lowest BCUT2D eigenvalue weighted by molar-refractivity contribution is 0.364. The minimum absolute atomic E-state index is 0.0260. The maximum atomic E-state index is 13.3. The summed E-state index contributed by atoms with van der Waals surface area (Å²) >= 11 is 0. The number of aromatic nitrogens is 4. The van der Waals surface area contributed by atoms with Gasteiger partial charge in [0.25, 0.3) is 0 Å². The Hall–Kier alpha value is -3.57. The molecule has 5 rings (SSSR count). The van der Waals surface area contributed by atoms with Crippen LogP contribution in [0.2, 0.25) is 0 Å². The van der Waals surface area contributed by atoms with E-state index in [4.69, 9.17) is 6.42 Å². The molecule has 1 aromatic carbocycles. The molecule has 3 aromatic rings.